The number of aliphatic hydroxyl groups is 1. The summed E-state index contributed by atoms with van der Waals surface area (Å²) in [5.74, 6) is -1.37. The van der Waals surface area contributed by atoms with Crippen LogP contribution in [-0.2, 0) is 19.1 Å². The van der Waals surface area contributed by atoms with Crippen LogP contribution in [0.2, 0.25) is 0 Å². The van der Waals surface area contributed by atoms with Gasteiger partial charge in [-0.05, 0) is 44.4 Å². The Morgan fingerprint density at radius 3 is 2.73 bits per heavy atom. The first-order valence-corrected chi connectivity index (χ1v) is 7.40. The van der Waals surface area contributed by atoms with Gasteiger partial charge in [0.05, 0.1) is 12.0 Å². The Morgan fingerprint density at radius 2 is 2.09 bits per heavy atom. The molecule has 1 aliphatic carbocycles. The van der Waals surface area contributed by atoms with E-state index in [9.17, 15) is 14.7 Å². The number of esters is 2. The van der Waals surface area contributed by atoms with E-state index < -0.39 is 36.2 Å². The molecule has 0 saturated carbocycles. The summed E-state index contributed by atoms with van der Waals surface area (Å²) in [6.07, 6.45) is 3.06. The third-order valence-electron chi connectivity index (χ3n) is 4.13. The van der Waals surface area contributed by atoms with Gasteiger partial charge in [0.15, 0.2) is 0 Å². The van der Waals surface area contributed by atoms with E-state index in [4.69, 9.17) is 9.47 Å². The van der Waals surface area contributed by atoms with Crippen molar-refractivity contribution in [2.75, 3.05) is 0 Å². The molecule has 0 radical (unpaired) electrons. The maximum absolute atomic E-state index is 11.9. The Bertz CT molecular complexity index is 557. The van der Waals surface area contributed by atoms with E-state index in [1.54, 1.807) is 13.0 Å². The SMILES string of the molecule is C=C1C(=O)OC2C=C(C)C(O)CCC(C)=CC(OC(C)=O)C12. The normalized spacial score (nSPS) is 32.5. The van der Waals surface area contributed by atoms with Crippen LogP contribution in [-0.4, -0.2) is 35.4 Å². The van der Waals surface area contributed by atoms with Crippen molar-refractivity contribution < 1.29 is 24.2 Å². The number of rotatable bonds is 1. The van der Waals surface area contributed by atoms with Gasteiger partial charge in [-0.1, -0.05) is 12.2 Å². The van der Waals surface area contributed by atoms with Crippen LogP contribution >= 0.6 is 0 Å². The lowest BCUT2D eigenvalue weighted by Gasteiger charge is -2.26. The van der Waals surface area contributed by atoms with Gasteiger partial charge in [-0.25, -0.2) is 4.79 Å². The Kier molecular flexibility index (Phi) is 4.86. The zero-order chi connectivity index (χ0) is 16.4. The third kappa shape index (κ3) is 3.47. The summed E-state index contributed by atoms with van der Waals surface area (Å²) in [6.45, 7) is 8.84. The van der Waals surface area contributed by atoms with Crippen molar-refractivity contribution in [2.24, 2.45) is 5.92 Å². The van der Waals surface area contributed by atoms with E-state index >= 15 is 0 Å². The molecule has 22 heavy (non-hydrogen) atoms. The Morgan fingerprint density at radius 1 is 1.41 bits per heavy atom. The van der Waals surface area contributed by atoms with E-state index in [1.165, 1.54) is 6.92 Å². The second-order valence-electron chi connectivity index (χ2n) is 5.97. The van der Waals surface area contributed by atoms with Gasteiger partial charge in [-0.2, -0.15) is 0 Å². The number of aliphatic hydroxyl groups excluding tert-OH is 1. The van der Waals surface area contributed by atoms with E-state index in [0.717, 1.165) is 11.1 Å². The van der Waals surface area contributed by atoms with Crippen LogP contribution in [0.4, 0.5) is 0 Å². The van der Waals surface area contributed by atoms with Crippen LogP contribution in [0.15, 0.2) is 35.5 Å². The Labute approximate surface area is 130 Å². The van der Waals surface area contributed by atoms with Gasteiger partial charge < -0.3 is 14.6 Å². The molecular weight excluding hydrogens is 284 g/mol. The van der Waals surface area contributed by atoms with Gasteiger partial charge in [0.25, 0.3) is 0 Å². The highest BCUT2D eigenvalue weighted by Gasteiger charge is 2.43. The highest BCUT2D eigenvalue weighted by atomic mass is 16.6. The van der Waals surface area contributed by atoms with Crippen molar-refractivity contribution in [2.45, 2.75) is 51.9 Å². The van der Waals surface area contributed by atoms with Crippen LogP contribution < -0.4 is 0 Å². The largest absolute Gasteiger partial charge is 0.457 e. The highest BCUT2D eigenvalue weighted by Crippen LogP contribution is 2.35. The van der Waals surface area contributed by atoms with Gasteiger partial charge in [-0.15, -0.1) is 0 Å². The fraction of sp³-hybridized carbons (Fsp3) is 0.529. The van der Waals surface area contributed by atoms with Crippen molar-refractivity contribution in [3.63, 3.8) is 0 Å². The molecule has 2 rings (SSSR count). The van der Waals surface area contributed by atoms with Crippen molar-refractivity contribution >= 4 is 11.9 Å². The molecule has 1 N–H and O–H groups in total. The van der Waals surface area contributed by atoms with Crippen LogP contribution in [0, 0.1) is 5.92 Å². The molecule has 5 nitrogen and oxygen atoms in total. The first kappa shape index (κ1) is 16.5. The predicted molar refractivity (Wildman–Crippen MR) is 80.8 cm³/mol. The highest BCUT2D eigenvalue weighted by molar-refractivity contribution is 5.91. The minimum absolute atomic E-state index is 0.291. The lowest BCUT2D eigenvalue weighted by molar-refractivity contribution is -0.146. The molecule has 1 heterocycles. The van der Waals surface area contributed by atoms with Crippen LogP contribution in [0.1, 0.15) is 33.6 Å². The van der Waals surface area contributed by atoms with Gasteiger partial charge >= 0.3 is 11.9 Å². The Balaban J connectivity index is 2.45. The van der Waals surface area contributed by atoms with Crippen molar-refractivity contribution in [3.8, 4) is 0 Å². The number of hydrogen-bond acceptors (Lipinski definition) is 5. The van der Waals surface area contributed by atoms with Crippen LogP contribution in [0.5, 0.6) is 0 Å². The second-order valence-corrected chi connectivity index (χ2v) is 5.97. The monoisotopic (exact) mass is 306 g/mol. The molecular formula is C17H22O5. The molecule has 1 fully saturated rings. The number of hydrogen-bond donors (Lipinski definition) is 1. The van der Waals surface area contributed by atoms with Gasteiger partial charge in [0.1, 0.15) is 12.2 Å². The molecule has 0 aromatic heterocycles. The molecule has 4 unspecified atom stereocenters. The molecule has 0 spiro atoms. The zero-order valence-corrected chi connectivity index (χ0v) is 13.2. The smallest absolute Gasteiger partial charge is 0.334 e. The molecule has 2 aliphatic rings. The van der Waals surface area contributed by atoms with Crippen molar-refractivity contribution in [1.29, 1.82) is 0 Å². The van der Waals surface area contributed by atoms with E-state index in [-0.39, 0.29) is 0 Å². The summed E-state index contributed by atoms with van der Waals surface area (Å²) in [7, 11) is 0. The number of fused-ring (bicyclic) bond motifs is 1. The molecule has 1 aliphatic heterocycles. The predicted octanol–water partition coefficient (Wildman–Crippen LogP) is 2.06. The average Bonchev–Trinajstić information content (AvgIpc) is 2.69. The second kappa shape index (κ2) is 6.48. The number of allylic oxidation sites excluding steroid dienone is 1. The summed E-state index contributed by atoms with van der Waals surface area (Å²) in [6, 6.07) is 0. The molecule has 0 aromatic carbocycles. The zero-order valence-electron chi connectivity index (χ0n) is 13.2. The van der Waals surface area contributed by atoms with E-state index in [1.807, 2.05) is 13.0 Å². The van der Waals surface area contributed by atoms with Crippen molar-refractivity contribution in [1.82, 2.24) is 0 Å². The lowest BCUT2D eigenvalue weighted by atomic mass is 9.86. The maximum Gasteiger partial charge on any atom is 0.334 e. The number of carbonyl (C=O) groups is 2. The molecule has 0 amide bonds. The van der Waals surface area contributed by atoms with Crippen LogP contribution in [0.3, 0.4) is 0 Å². The minimum atomic E-state index is -0.597. The first-order chi connectivity index (χ1) is 10.3. The molecule has 0 aromatic rings. The van der Waals surface area contributed by atoms with Gasteiger partial charge in [-0.3, -0.25) is 4.79 Å². The molecule has 120 valence electrons. The summed E-state index contributed by atoms with van der Waals surface area (Å²) < 4.78 is 10.7. The summed E-state index contributed by atoms with van der Waals surface area (Å²) in [5, 5.41) is 10.1. The molecule has 1 saturated heterocycles. The van der Waals surface area contributed by atoms with Gasteiger partial charge in [0.2, 0.25) is 0 Å². The topological polar surface area (TPSA) is 72.8 Å². The number of ether oxygens (including phenoxy) is 2. The van der Waals surface area contributed by atoms with E-state index in [0.29, 0.717) is 18.4 Å². The minimum Gasteiger partial charge on any atom is -0.457 e. The first-order valence-electron chi connectivity index (χ1n) is 7.40. The summed E-state index contributed by atoms with van der Waals surface area (Å²) >= 11 is 0. The van der Waals surface area contributed by atoms with Gasteiger partial charge in [0, 0.05) is 12.5 Å². The lowest BCUT2D eigenvalue weighted by Crippen LogP contribution is -2.32. The van der Waals surface area contributed by atoms with E-state index in [2.05, 4.69) is 6.58 Å². The quantitative estimate of drug-likeness (QED) is 0.456. The molecule has 4 atom stereocenters. The Hall–Kier alpha value is -1.88. The molecule has 5 heteroatoms. The fourth-order valence-electron chi connectivity index (χ4n) is 2.86. The van der Waals surface area contributed by atoms with Crippen LogP contribution in [0.25, 0.3) is 0 Å². The standard InChI is InChI=1S/C17H22O5/c1-9-5-6-13(19)10(2)8-15-16(11(3)17(20)22-15)14(7-9)21-12(4)18/h7-8,13-16,19H,3,5-6H2,1-2,4H3. The fourth-order valence-corrected chi connectivity index (χ4v) is 2.86. The average molecular weight is 306 g/mol. The summed E-state index contributed by atoms with van der Waals surface area (Å²) in [5.41, 5.74) is 2.03. The maximum atomic E-state index is 11.9. The third-order valence-corrected chi connectivity index (χ3v) is 4.13. The summed E-state index contributed by atoms with van der Waals surface area (Å²) in [4.78, 5) is 23.3. The number of carbonyl (C=O) groups excluding carboxylic acids is 2. The van der Waals surface area contributed by atoms with Crippen molar-refractivity contribution in [3.05, 3.63) is 35.5 Å². The molecule has 0 bridgehead atoms.